The molecule has 2 heterocycles. The minimum atomic E-state index is -0.157. The highest BCUT2D eigenvalue weighted by Gasteiger charge is 2.29. The van der Waals surface area contributed by atoms with Gasteiger partial charge in [-0.2, -0.15) is 0 Å². The fourth-order valence-corrected chi connectivity index (χ4v) is 1.76. The van der Waals surface area contributed by atoms with E-state index in [4.69, 9.17) is 5.11 Å². The van der Waals surface area contributed by atoms with Gasteiger partial charge in [-0.15, -0.1) is 0 Å². The lowest BCUT2D eigenvalue weighted by atomic mass is 10.2. The highest BCUT2D eigenvalue weighted by molar-refractivity contribution is 5.92. The molecule has 0 unspecified atom stereocenters. The first-order valence-electron chi connectivity index (χ1n) is 4.65. The van der Waals surface area contributed by atoms with Gasteiger partial charge in [0.1, 0.15) is 6.26 Å². The maximum absolute atomic E-state index is 11.8. The van der Waals surface area contributed by atoms with Crippen LogP contribution in [0.3, 0.4) is 0 Å². The van der Waals surface area contributed by atoms with Crippen LogP contribution in [0.5, 0.6) is 0 Å². The predicted octanol–water partition coefficient (Wildman–Crippen LogP) is 0.272. The van der Waals surface area contributed by atoms with Crippen LogP contribution in [-0.4, -0.2) is 40.3 Å². The van der Waals surface area contributed by atoms with E-state index in [0.717, 1.165) is 12.8 Å². The fraction of sp³-hybridized carbons (Fsp3) is 0.556. The van der Waals surface area contributed by atoms with Gasteiger partial charge in [-0.25, -0.2) is 0 Å². The molecule has 1 aromatic heterocycles. The van der Waals surface area contributed by atoms with Crippen molar-refractivity contribution in [3.8, 4) is 0 Å². The normalized spacial score (nSPS) is 21.5. The van der Waals surface area contributed by atoms with Gasteiger partial charge in [0.25, 0.3) is 5.91 Å². The number of carbonyl (C=O) groups excluding carboxylic acids is 1. The molecule has 0 saturated carbocycles. The lowest BCUT2D eigenvalue weighted by Gasteiger charge is -2.21. The third kappa shape index (κ3) is 1.50. The lowest BCUT2D eigenvalue weighted by molar-refractivity contribution is 0.0667. The third-order valence-electron chi connectivity index (χ3n) is 2.51. The molecule has 1 saturated heterocycles. The van der Waals surface area contributed by atoms with E-state index in [9.17, 15) is 4.79 Å². The number of carbonyl (C=O) groups is 1. The Balaban J connectivity index is 2.11. The molecule has 0 aliphatic carbocycles. The average molecular weight is 196 g/mol. The summed E-state index contributed by atoms with van der Waals surface area (Å²) in [5, 5.41) is 12.6. The summed E-state index contributed by atoms with van der Waals surface area (Å²) >= 11 is 0. The van der Waals surface area contributed by atoms with E-state index < -0.39 is 0 Å². The SMILES string of the molecule is O=C(c1ccon1)N1CCC[C@@H]1CO. The molecule has 5 heteroatoms. The van der Waals surface area contributed by atoms with Gasteiger partial charge in [0.2, 0.25) is 0 Å². The monoisotopic (exact) mass is 196 g/mol. The van der Waals surface area contributed by atoms with Crippen LogP contribution < -0.4 is 0 Å². The number of aromatic nitrogens is 1. The number of rotatable bonds is 2. The Labute approximate surface area is 81.3 Å². The van der Waals surface area contributed by atoms with Gasteiger partial charge in [0.05, 0.1) is 12.6 Å². The molecule has 1 aliphatic rings. The Morgan fingerprint density at radius 3 is 3.29 bits per heavy atom. The largest absolute Gasteiger partial charge is 0.394 e. The zero-order chi connectivity index (χ0) is 9.97. The molecule has 0 bridgehead atoms. The van der Waals surface area contributed by atoms with Gasteiger partial charge in [-0.3, -0.25) is 4.79 Å². The average Bonchev–Trinajstić information content (AvgIpc) is 2.87. The molecule has 1 aromatic rings. The Kier molecular flexibility index (Phi) is 2.49. The molecular formula is C9H12N2O3. The van der Waals surface area contributed by atoms with Crippen LogP contribution in [0.1, 0.15) is 23.3 Å². The lowest BCUT2D eigenvalue weighted by Crippen LogP contribution is -2.37. The van der Waals surface area contributed by atoms with Crippen LogP contribution in [0.4, 0.5) is 0 Å². The van der Waals surface area contributed by atoms with E-state index in [-0.39, 0.29) is 18.6 Å². The minimum Gasteiger partial charge on any atom is -0.394 e. The first-order chi connectivity index (χ1) is 6.83. The summed E-state index contributed by atoms with van der Waals surface area (Å²) in [6, 6.07) is 1.48. The maximum Gasteiger partial charge on any atom is 0.276 e. The summed E-state index contributed by atoms with van der Waals surface area (Å²) in [5.41, 5.74) is 0.311. The van der Waals surface area contributed by atoms with Gasteiger partial charge in [0.15, 0.2) is 5.69 Å². The fourth-order valence-electron chi connectivity index (χ4n) is 1.76. The zero-order valence-corrected chi connectivity index (χ0v) is 7.72. The minimum absolute atomic E-state index is 0.0175. The van der Waals surface area contributed by atoms with Gasteiger partial charge < -0.3 is 14.5 Å². The van der Waals surface area contributed by atoms with Crippen molar-refractivity contribution in [3.05, 3.63) is 18.0 Å². The molecule has 0 spiro atoms. The van der Waals surface area contributed by atoms with E-state index in [1.807, 2.05) is 0 Å². The molecule has 0 aromatic carbocycles. The standard InChI is InChI=1S/C9H12N2O3/c12-6-7-2-1-4-11(7)9(13)8-3-5-14-10-8/h3,5,7,12H,1-2,4,6H2/t7-/m1/s1. The molecule has 14 heavy (non-hydrogen) atoms. The highest BCUT2D eigenvalue weighted by Crippen LogP contribution is 2.18. The maximum atomic E-state index is 11.8. The van der Waals surface area contributed by atoms with Crippen molar-refractivity contribution in [2.75, 3.05) is 13.2 Å². The van der Waals surface area contributed by atoms with Gasteiger partial charge in [-0.05, 0) is 12.8 Å². The molecule has 2 rings (SSSR count). The molecule has 1 amide bonds. The van der Waals surface area contributed by atoms with Crippen molar-refractivity contribution >= 4 is 5.91 Å². The van der Waals surface area contributed by atoms with Gasteiger partial charge in [0, 0.05) is 12.6 Å². The van der Waals surface area contributed by atoms with E-state index in [2.05, 4.69) is 9.68 Å². The molecular weight excluding hydrogens is 184 g/mol. The van der Waals surface area contributed by atoms with Crippen molar-refractivity contribution in [1.82, 2.24) is 10.1 Å². The zero-order valence-electron chi connectivity index (χ0n) is 7.72. The van der Waals surface area contributed by atoms with Gasteiger partial charge in [-0.1, -0.05) is 5.16 Å². The van der Waals surface area contributed by atoms with Crippen molar-refractivity contribution in [2.45, 2.75) is 18.9 Å². The molecule has 5 nitrogen and oxygen atoms in total. The third-order valence-corrected chi connectivity index (χ3v) is 2.51. The van der Waals surface area contributed by atoms with Crippen molar-refractivity contribution < 1.29 is 14.4 Å². The number of likely N-dealkylation sites (tertiary alicyclic amines) is 1. The van der Waals surface area contributed by atoms with E-state index in [1.54, 1.807) is 4.90 Å². The number of aliphatic hydroxyl groups excluding tert-OH is 1. The molecule has 1 aliphatic heterocycles. The molecule has 1 N–H and O–H groups in total. The summed E-state index contributed by atoms with van der Waals surface area (Å²) in [6.45, 7) is 0.709. The number of amides is 1. The van der Waals surface area contributed by atoms with Crippen LogP contribution in [0.2, 0.25) is 0 Å². The first kappa shape index (κ1) is 9.21. The van der Waals surface area contributed by atoms with E-state index >= 15 is 0 Å². The molecule has 76 valence electrons. The van der Waals surface area contributed by atoms with Crippen LogP contribution in [0, 0.1) is 0 Å². The molecule has 1 atom stereocenters. The highest BCUT2D eigenvalue weighted by atomic mass is 16.5. The number of hydrogen-bond acceptors (Lipinski definition) is 4. The van der Waals surface area contributed by atoms with Crippen molar-refractivity contribution in [2.24, 2.45) is 0 Å². The van der Waals surface area contributed by atoms with Crippen molar-refractivity contribution in [3.63, 3.8) is 0 Å². The number of hydrogen-bond donors (Lipinski definition) is 1. The Hall–Kier alpha value is -1.36. The quantitative estimate of drug-likeness (QED) is 0.737. The second-order valence-corrected chi connectivity index (χ2v) is 3.36. The summed E-state index contributed by atoms with van der Waals surface area (Å²) in [6.07, 6.45) is 3.17. The van der Waals surface area contributed by atoms with Crippen LogP contribution in [0.25, 0.3) is 0 Å². The second-order valence-electron chi connectivity index (χ2n) is 3.36. The number of nitrogens with zero attached hydrogens (tertiary/aromatic N) is 2. The van der Waals surface area contributed by atoms with Crippen LogP contribution in [-0.2, 0) is 0 Å². The summed E-state index contributed by atoms with van der Waals surface area (Å²) in [7, 11) is 0. The molecule has 1 fully saturated rings. The summed E-state index contributed by atoms with van der Waals surface area (Å²) < 4.78 is 4.60. The topological polar surface area (TPSA) is 66.6 Å². The smallest absolute Gasteiger partial charge is 0.276 e. The first-order valence-corrected chi connectivity index (χ1v) is 4.65. The number of aliphatic hydroxyl groups is 1. The van der Waals surface area contributed by atoms with Crippen molar-refractivity contribution in [1.29, 1.82) is 0 Å². The second kappa shape index (κ2) is 3.79. The predicted molar refractivity (Wildman–Crippen MR) is 47.6 cm³/mol. The van der Waals surface area contributed by atoms with Crippen LogP contribution in [0.15, 0.2) is 16.9 Å². The van der Waals surface area contributed by atoms with E-state index in [0.29, 0.717) is 12.2 Å². The summed E-state index contributed by atoms with van der Waals surface area (Å²) in [5.74, 6) is -0.157. The Bertz CT molecular complexity index is 310. The summed E-state index contributed by atoms with van der Waals surface area (Å²) in [4.78, 5) is 13.4. The Morgan fingerprint density at radius 2 is 2.64 bits per heavy atom. The Morgan fingerprint density at radius 1 is 1.79 bits per heavy atom. The van der Waals surface area contributed by atoms with Gasteiger partial charge >= 0.3 is 0 Å². The van der Waals surface area contributed by atoms with E-state index in [1.165, 1.54) is 12.3 Å². The molecule has 0 radical (unpaired) electrons. The van der Waals surface area contributed by atoms with Crippen LogP contribution >= 0.6 is 0 Å².